The molecule has 16 heteroatoms. The van der Waals surface area contributed by atoms with E-state index in [1.165, 1.54) is 0 Å². The second kappa shape index (κ2) is 11.1. The molecular weight excluding hydrogens is 625 g/mol. The molecule has 0 atom stereocenters. The minimum absolute atomic E-state index is 0. The van der Waals surface area contributed by atoms with E-state index in [0.717, 1.165) is 0 Å². The van der Waals surface area contributed by atoms with Crippen molar-refractivity contribution in [2.24, 2.45) is 0 Å². The van der Waals surface area contributed by atoms with E-state index in [1.54, 1.807) is 0 Å². The molecule has 0 unspecified atom stereocenters. The maximum Gasteiger partial charge on any atom is 3.00 e. The predicted octanol–water partition coefficient (Wildman–Crippen LogP) is -23.3. The minimum atomic E-state index is -5.94. The first kappa shape index (κ1) is 26.7. The van der Waals surface area contributed by atoms with Gasteiger partial charge in [0, 0.05) is 0 Å². The van der Waals surface area contributed by atoms with Crippen LogP contribution in [0.5, 0.6) is 0 Å². The van der Waals surface area contributed by atoms with Crippen molar-refractivity contribution in [2.45, 2.75) is 0 Å². The third-order valence-electron chi connectivity index (χ3n) is 0. The standard InChI is InChI=1S/Cr.3IO4/c;3*2-1(3,4)5/q+3;3*-1. The van der Waals surface area contributed by atoms with E-state index in [-0.39, 0.29) is 17.4 Å². The SMILES string of the molecule is [Cr+3].[O-][I+3]([O-])([O-])[O-].[O-][I+3]([O-])([O-])[O-].[O-][I+3]([O-])([O-])[O-]. The number of halogens is 3. The average molecular weight is 625 g/mol. The largest absolute Gasteiger partial charge is 3.00 e. The van der Waals surface area contributed by atoms with Gasteiger partial charge in [0.05, 0.1) is 0 Å². The van der Waals surface area contributed by atoms with Crippen LogP contribution < -0.4 is 102 Å². The van der Waals surface area contributed by atoms with Crippen molar-refractivity contribution < 1.29 is 119 Å². The number of rotatable bonds is 0. The molecule has 0 N–H and O–H groups in total. The Hall–Kier alpha value is 2.24. The monoisotopic (exact) mass is 625 g/mol. The van der Waals surface area contributed by atoms with Gasteiger partial charge in [-0.25, -0.2) is 0 Å². The predicted molar refractivity (Wildman–Crippen MR) is 0 cm³/mol. The smallest absolute Gasteiger partial charge is 0.286 e. The molecule has 0 aliphatic heterocycles. The molecule has 16 heavy (non-hydrogen) atoms. The van der Waals surface area contributed by atoms with Crippen molar-refractivity contribution in [2.75, 3.05) is 0 Å². The summed E-state index contributed by atoms with van der Waals surface area (Å²) in [4.78, 5) is 0. The van der Waals surface area contributed by atoms with Crippen molar-refractivity contribution in [3.05, 3.63) is 0 Å². The van der Waals surface area contributed by atoms with E-state index in [2.05, 4.69) is 0 Å². The summed E-state index contributed by atoms with van der Waals surface area (Å²) in [6, 6.07) is 0. The van der Waals surface area contributed by atoms with Crippen LogP contribution in [0.3, 0.4) is 0 Å². The van der Waals surface area contributed by atoms with Gasteiger partial charge in [-0.05, 0) is 0 Å². The number of hydrogen-bond donors (Lipinski definition) is 0. The van der Waals surface area contributed by atoms with Crippen LogP contribution in [0.2, 0.25) is 0 Å². The van der Waals surface area contributed by atoms with E-state index in [0.29, 0.717) is 0 Å². The van der Waals surface area contributed by atoms with Crippen molar-refractivity contribution >= 4 is 0 Å². The van der Waals surface area contributed by atoms with Crippen LogP contribution in [0.4, 0.5) is 0 Å². The summed E-state index contributed by atoms with van der Waals surface area (Å²) in [5, 5.41) is 0. The second-order valence-corrected chi connectivity index (χ2v) is 7.61. The van der Waals surface area contributed by atoms with Crippen LogP contribution in [0, 0.1) is 0 Å². The zero-order valence-electron chi connectivity index (χ0n) is 6.44. The second-order valence-electron chi connectivity index (χ2n) is 1.13. The summed E-state index contributed by atoms with van der Waals surface area (Å²) < 4.78 is 103. The fourth-order valence-electron chi connectivity index (χ4n) is 0. The Bertz CT molecular complexity index is 91.3. The first-order valence-corrected chi connectivity index (χ1v) is 12.4. The van der Waals surface area contributed by atoms with Crippen molar-refractivity contribution in [3.8, 4) is 0 Å². The maximum atomic E-state index is 8.62. The molecule has 0 fully saturated rings. The van der Waals surface area contributed by atoms with Gasteiger partial charge in [0.2, 0.25) is 0 Å². The van der Waals surface area contributed by atoms with Crippen LogP contribution in [-0.4, -0.2) is 0 Å². The summed E-state index contributed by atoms with van der Waals surface area (Å²) in [5.74, 6) is 0. The van der Waals surface area contributed by atoms with Crippen LogP contribution in [0.15, 0.2) is 0 Å². The molecule has 12 nitrogen and oxygen atoms in total. The van der Waals surface area contributed by atoms with Crippen LogP contribution >= 0.6 is 0 Å². The van der Waals surface area contributed by atoms with Crippen LogP contribution in [-0.2, 0) is 17.4 Å². The Kier molecular flexibility index (Phi) is 18.6. The number of hydrogen-bond acceptors (Lipinski definition) is 12. The Morgan fingerprint density at radius 1 is 0.312 bits per heavy atom. The molecule has 0 amide bonds. The van der Waals surface area contributed by atoms with Gasteiger partial charge < -0.3 is 0 Å². The van der Waals surface area contributed by atoms with Crippen molar-refractivity contribution in [3.63, 3.8) is 0 Å². The molecule has 0 bridgehead atoms. The summed E-state index contributed by atoms with van der Waals surface area (Å²) in [6.07, 6.45) is 0. The first-order valence-electron chi connectivity index (χ1n) is 1.85. The van der Waals surface area contributed by atoms with E-state index in [4.69, 9.17) is 41.2 Å². The molecule has 0 aromatic heterocycles. The van der Waals surface area contributed by atoms with Gasteiger partial charge in [-0.15, -0.1) is 0 Å². The fraction of sp³-hybridized carbons (Fsp3) is 0. The molecule has 1 radical (unpaired) electrons. The summed E-state index contributed by atoms with van der Waals surface area (Å²) in [6.45, 7) is 0. The molecule has 0 aromatic carbocycles. The normalized spacial score (nSPS) is 11.2. The third-order valence-corrected chi connectivity index (χ3v) is 0. The summed E-state index contributed by atoms with van der Waals surface area (Å²) in [5.41, 5.74) is 0. The molecule has 0 saturated heterocycles. The van der Waals surface area contributed by atoms with E-state index >= 15 is 0 Å². The topological polar surface area (TPSA) is 277 Å². The van der Waals surface area contributed by atoms with Gasteiger partial charge in [-0.2, -0.15) is 0 Å². The van der Waals surface area contributed by atoms with Gasteiger partial charge in [0.25, 0.3) is 0 Å². The molecule has 0 saturated carbocycles. The quantitative estimate of drug-likeness (QED) is 0.227. The first-order chi connectivity index (χ1) is 6.00. The summed E-state index contributed by atoms with van der Waals surface area (Å²) in [7, 11) is 0. The van der Waals surface area contributed by atoms with Gasteiger partial charge >= 0.3 is 17.4 Å². The summed E-state index contributed by atoms with van der Waals surface area (Å²) >= 11 is -17.8. The third kappa shape index (κ3) is 750. The molecule has 99 valence electrons. The minimum Gasteiger partial charge on any atom is -0.286 e. The molecule has 0 heterocycles. The zero-order valence-corrected chi connectivity index (χ0v) is 14.2. The molecule has 0 aliphatic carbocycles. The van der Waals surface area contributed by atoms with Crippen molar-refractivity contribution in [1.29, 1.82) is 0 Å². The van der Waals surface area contributed by atoms with E-state index in [9.17, 15) is 0 Å². The van der Waals surface area contributed by atoms with Gasteiger partial charge in [-0.3, -0.25) is 41.2 Å². The van der Waals surface area contributed by atoms with Crippen LogP contribution in [0.1, 0.15) is 0 Å². The molecule has 0 aliphatic rings. The molecule has 0 rings (SSSR count). The Morgan fingerprint density at radius 3 is 0.312 bits per heavy atom. The zero-order chi connectivity index (χ0) is 13.5. The Labute approximate surface area is 117 Å². The van der Waals surface area contributed by atoms with Crippen molar-refractivity contribution in [1.82, 2.24) is 0 Å². The molecule has 0 spiro atoms. The molecular formula is CrI3O12. The van der Waals surface area contributed by atoms with Gasteiger partial charge in [0.1, 0.15) is 60.3 Å². The average Bonchev–Trinajstić information content (AvgIpc) is 1.41. The van der Waals surface area contributed by atoms with Gasteiger partial charge in [-0.1, -0.05) is 0 Å². The van der Waals surface area contributed by atoms with E-state index < -0.39 is 60.3 Å². The Balaban J connectivity index is -0.0000000655. The maximum absolute atomic E-state index is 8.62. The van der Waals surface area contributed by atoms with Gasteiger partial charge in [0.15, 0.2) is 0 Å². The Morgan fingerprint density at radius 2 is 0.312 bits per heavy atom. The molecule has 0 aromatic rings. The van der Waals surface area contributed by atoms with E-state index in [1.807, 2.05) is 0 Å². The fourth-order valence-corrected chi connectivity index (χ4v) is 0. The van der Waals surface area contributed by atoms with Crippen LogP contribution in [0.25, 0.3) is 0 Å².